The molecule has 0 aliphatic carbocycles. The van der Waals surface area contributed by atoms with Gasteiger partial charge in [-0.05, 0) is 62.4 Å². The van der Waals surface area contributed by atoms with E-state index in [1.165, 1.54) is 45.2 Å². The van der Waals surface area contributed by atoms with Gasteiger partial charge in [0.1, 0.15) is 5.75 Å². The lowest BCUT2D eigenvalue weighted by Gasteiger charge is -2.45. The number of nitrogens with zero attached hydrogens (tertiary/aromatic N) is 2. The zero-order valence-electron chi connectivity index (χ0n) is 15.5. The van der Waals surface area contributed by atoms with Crippen LogP contribution in [0.2, 0.25) is 0 Å². The predicted octanol–water partition coefficient (Wildman–Crippen LogP) is 3.10. The maximum atomic E-state index is 12.4. The van der Waals surface area contributed by atoms with E-state index in [4.69, 9.17) is 4.74 Å². The largest absolute Gasteiger partial charge is 0.497 e. The van der Waals surface area contributed by atoms with Gasteiger partial charge in [-0.15, -0.1) is 0 Å². The maximum Gasteiger partial charge on any atom is 0.317 e. The summed E-state index contributed by atoms with van der Waals surface area (Å²) >= 11 is 0. The third kappa shape index (κ3) is 4.66. The van der Waals surface area contributed by atoms with Crippen molar-refractivity contribution in [3.05, 3.63) is 29.8 Å². The number of benzene rings is 1. The number of rotatable bonds is 5. The highest BCUT2D eigenvalue weighted by Gasteiger charge is 2.33. The van der Waals surface area contributed by atoms with Gasteiger partial charge in [0, 0.05) is 26.2 Å². The second-order valence-electron chi connectivity index (χ2n) is 7.39. The Morgan fingerprint density at radius 2 is 1.96 bits per heavy atom. The fraction of sp³-hybridized carbons (Fsp3) is 0.650. The summed E-state index contributed by atoms with van der Waals surface area (Å²) in [6, 6.07) is 8.51. The Hall–Kier alpha value is -1.75. The summed E-state index contributed by atoms with van der Waals surface area (Å²) in [4.78, 5) is 17.0. The second-order valence-corrected chi connectivity index (χ2v) is 7.39. The van der Waals surface area contributed by atoms with E-state index in [1.54, 1.807) is 7.11 Å². The molecule has 0 saturated carbocycles. The third-order valence-corrected chi connectivity index (χ3v) is 5.69. The number of urea groups is 1. The summed E-state index contributed by atoms with van der Waals surface area (Å²) in [6.07, 6.45) is 6.48. The van der Waals surface area contributed by atoms with Gasteiger partial charge in [0.25, 0.3) is 0 Å². The molecule has 2 aliphatic heterocycles. The number of nitrogens with one attached hydrogen (secondary N) is 1. The first kappa shape index (κ1) is 18.1. The van der Waals surface area contributed by atoms with E-state index in [-0.39, 0.29) is 6.03 Å². The first-order valence-corrected chi connectivity index (χ1v) is 9.53. The molecule has 2 atom stereocenters. The molecule has 0 bridgehead atoms. The van der Waals surface area contributed by atoms with Crippen LogP contribution in [0, 0.1) is 5.92 Å². The number of amides is 2. The van der Waals surface area contributed by atoms with E-state index < -0.39 is 0 Å². The van der Waals surface area contributed by atoms with Crippen molar-refractivity contribution in [3.8, 4) is 5.75 Å². The van der Waals surface area contributed by atoms with Crippen molar-refractivity contribution in [3.63, 3.8) is 0 Å². The van der Waals surface area contributed by atoms with Gasteiger partial charge in [0.05, 0.1) is 7.11 Å². The third-order valence-electron chi connectivity index (χ3n) is 5.69. The average molecular weight is 345 g/mol. The zero-order valence-corrected chi connectivity index (χ0v) is 15.5. The van der Waals surface area contributed by atoms with E-state index in [0.29, 0.717) is 18.5 Å². The smallest absolute Gasteiger partial charge is 0.317 e. The molecule has 2 amide bonds. The lowest BCUT2D eigenvalue weighted by molar-refractivity contribution is 0.0487. The van der Waals surface area contributed by atoms with Crippen molar-refractivity contribution in [2.24, 2.45) is 5.92 Å². The minimum atomic E-state index is 0.0174. The second kappa shape index (κ2) is 8.56. The van der Waals surface area contributed by atoms with Crippen molar-refractivity contribution in [2.75, 3.05) is 33.8 Å². The van der Waals surface area contributed by atoms with Crippen LogP contribution in [0.5, 0.6) is 5.75 Å². The topological polar surface area (TPSA) is 44.8 Å². The van der Waals surface area contributed by atoms with Gasteiger partial charge >= 0.3 is 6.03 Å². The molecule has 5 heteroatoms. The molecule has 5 nitrogen and oxygen atoms in total. The maximum absolute atomic E-state index is 12.4. The summed E-state index contributed by atoms with van der Waals surface area (Å²) in [6.45, 7) is 3.89. The molecular weight excluding hydrogens is 314 g/mol. The Labute approximate surface area is 151 Å². The van der Waals surface area contributed by atoms with Crippen LogP contribution < -0.4 is 10.1 Å². The Morgan fingerprint density at radius 3 is 2.72 bits per heavy atom. The summed E-state index contributed by atoms with van der Waals surface area (Å²) in [5, 5.41) is 3.03. The average Bonchev–Trinajstić information content (AvgIpc) is 2.66. The van der Waals surface area contributed by atoms with Crippen LogP contribution in [-0.2, 0) is 6.54 Å². The first-order chi connectivity index (χ1) is 12.2. The van der Waals surface area contributed by atoms with Crippen LogP contribution in [0.4, 0.5) is 4.79 Å². The number of methoxy groups -OCH3 is 1. The predicted molar refractivity (Wildman–Crippen MR) is 99.8 cm³/mol. The first-order valence-electron chi connectivity index (χ1n) is 9.53. The number of carbonyl (C=O) groups excluding carboxylic acids is 1. The van der Waals surface area contributed by atoms with Gasteiger partial charge in [0.2, 0.25) is 0 Å². The normalized spacial score (nSPS) is 23.6. The molecule has 2 aliphatic rings. The SMILES string of the molecule is COc1ccc(CNC(=O)N(C)C[C@@H]2CCCN3CCCC[C@H]23)cc1. The van der Waals surface area contributed by atoms with Crippen molar-refractivity contribution in [1.82, 2.24) is 15.1 Å². The molecule has 1 aromatic rings. The minimum Gasteiger partial charge on any atom is -0.497 e. The molecular formula is C20H31N3O2. The Kier molecular flexibility index (Phi) is 6.19. The van der Waals surface area contributed by atoms with Crippen molar-refractivity contribution < 1.29 is 9.53 Å². The van der Waals surface area contributed by atoms with Crippen LogP contribution >= 0.6 is 0 Å². The lowest BCUT2D eigenvalue weighted by Crippen LogP contribution is -2.52. The van der Waals surface area contributed by atoms with E-state index in [2.05, 4.69) is 10.2 Å². The number of hydrogen-bond donors (Lipinski definition) is 1. The number of hydrogen-bond acceptors (Lipinski definition) is 3. The highest BCUT2D eigenvalue weighted by Crippen LogP contribution is 2.31. The van der Waals surface area contributed by atoms with Crippen molar-refractivity contribution in [1.29, 1.82) is 0 Å². The summed E-state index contributed by atoms with van der Waals surface area (Å²) in [5.74, 6) is 1.45. The molecule has 2 heterocycles. The molecule has 1 aromatic carbocycles. The molecule has 1 N–H and O–H groups in total. The molecule has 0 aromatic heterocycles. The van der Waals surface area contributed by atoms with Crippen LogP contribution in [-0.4, -0.2) is 55.7 Å². The minimum absolute atomic E-state index is 0.0174. The van der Waals surface area contributed by atoms with Gasteiger partial charge in [-0.2, -0.15) is 0 Å². The van der Waals surface area contributed by atoms with E-state index in [0.717, 1.165) is 17.9 Å². The molecule has 138 valence electrons. The fourth-order valence-corrected chi connectivity index (χ4v) is 4.28. The lowest BCUT2D eigenvalue weighted by atomic mass is 9.83. The monoisotopic (exact) mass is 345 g/mol. The Morgan fingerprint density at radius 1 is 1.20 bits per heavy atom. The van der Waals surface area contributed by atoms with Gasteiger partial charge < -0.3 is 19.9 Å². The van der Waals surface area contributed by atoms with Crippen LogP contribution in [0.3, 0.4) is 0 Å². The quantitative estimate of drug-likeness (QED) is 0.892. The number of ether oxygens (including phenoxy) is 1. The number of piperidine rings is 2. The van der Waals surface area contributed by atoms with E-state index in [1.807, 2.05) is 36.2 Å². The van der Waals surface area contributed by atoms with Gasteiger partial charge in [0.15, 0.2) is 0 Å². The fourth-order valence-electron chi connectivity index (χ4n) is 4.28. The summed E-state index contributed by atoms with van der Waals surface area (Å²) in [5.41, 5.74) is 1.08. The zero-order chi connectivity index (χ0) is 17.6. The van der Waals surface area contributed by atoms with Gasteiger partial charge in [-0.1, -0.05) is 18.6 Å². The summed E-state index contributed by atoms with van der Waals surface area (Å²) < 4.78 is 5.16. The Balaban J connectivity index is 1.48. The van der Waals surface area contributed by atoms with Gasteiger partial charge in [-0.25, -0.2) is 4.79 Å². The van der Waals surface area contributed by atoms with Crippen LogP contribution in [0.25, 0.3) is 0 Å². The highest BCUT2D eigenvalue weighted by molar-refractivity contribution is 5.73. The molecule has 3 rings (SSSR count). The highest BCUT2D eigenvalue weighted by atomic mass is 16.5. The molecule has 2 saturated heterocycles. The molecule has 0 unspecified atom stereocenters. The number of carbonyl (C=O) groups is 1. The van der Waals surface area contributed by atoms with E-state index in [9.17, 15) is 4.79 Å². The number of fused-ring (bicyclic) bond motifs is 1. The van der Waals surface area contributed by atoms with Crippen LogP contribution in [0.15, 0.2) is 24.3 Å². The molecule has 0 radical (unpaired) electrons. The molecule has 0 spiro atoms. The van der Waals surface area contributed by atoms with Crippen LogP contribution in [0.1, 0.15) is 37.7 Å². The standard InChI is InChI=1S/C20H31N3O2/c1-22(15-17-6-5-13-23-12-4-3-7-19(17)23)20(24)21-14-16-8-10-18(25-2)11-9-16/h8-11,17,19H,3-7,12-15H2,1-2H3,(H,21,24)/t17-,19+/m0/s1. The summed E-state index contributed by atoms with van der Waals surface area (Å²) in [7, 11) is 3.58. The Bertz CT molecular complexity index is 559. The van der Waals surface area contributed by atoms with Gasteiger partial charge in [-0.3, -0.25) is 0 Å². The van der Waals surface area contributed by atoms with E-state index >= 15 is 0 Å². The van der Waals surface area contributed by atoms with Crippen molar-refractivity contribution >= 4 is 6.03 Å². The van der Waals surface area contributed by atoms with Crippen molar-refractivity contribution in [2.45, 2.75) is 44.7 Å². The molecule has 2 fully saturated rings. The molecule has 25 heavy (non-hydrogen) atoms.